The Balaban J connectivity index is 2.22. The Kier molecular flexibility index (Phi) is 3.92. The summed E-state index contributed by atoms with van der Waals surface area (Å²) < 4.78 is 41.1. The Labute approximate surface area is 133 Å². The van der Waals surface area contributed by atoms with Crippen molar-refractivity contribution in [2.45, 2.75) is 32.6 Å². The van der Waals surface area contributed by atoms with Crippen LogP contribution in [0.5, 0.6) is 0 Å². The van der Waals surface area contributed by atoms with Crippen LogP contribution in [0, 0.1) is 22.6 Å². The first-order chi connectivity index (χ1) is 9.41. The molecule has 1 aliphatic carbocycles. The maximum absolute atomic E-state index is 14.0. The van der Waals surface area contributed by atoms with Gasteiger partial charge in [-0.15, -0.1) is 0 Å². The van der Waals surface area contributed by atoms with Gasteiger partial charge in [-0.2, -0.15) is 0 Å². The fourth-order valence-corrected chi connectivity index (χ4v) is 4.68. The van der Waals surface area contributed by atoms with E-state index in [4.69, 9.17) is 5.73 Å². The summed E-state index contributed by atoms with van der Waals surface area (Å²) in [5.74, 6) is -0.613. The third-order valence-electron chi connectivity index (χ3n) is 5.10. The van der Waals surface area contributed by atoms with Gasteiger partial charge in [0.2, 0.25) is 10.0 Å². The fourth-order valence-electron chi connectivity index (χ4n) is 2.89. The minimum atomic E-state index is -3.93. The molecule has 0 amide bonds. The summed E-state index contributed by atoms with van der Waals surface area (Å²) >= 11 is 2.97. The Hall–Kier alpha value is -0.660. The van der Waals surface area contributed by atoms with Crippen molar-refractivity contribution in [2.24, 2.45) is 16.7 Å². The molecule has 0 bridgehead atoms. The molecule has 0 radical (unpaired) electrons. The number of hydrogen-bond donors (Lipinski definition) is 2. The third kappa shape index (κ3) is 2.71. The van der Waals surface area contributed by atoms with E-state index in [1.54, 1.807) is 0 Å². The minimum Gasteiger partial charge on any atom is -0.399 e. The molecule has 21 heavy (non-hydrogen) atoms. The first-order valence-electron chi connectivity index (χ1n) is 6.65. The zero-order valence-electron chi connectivity index (χ0n) is 12.5. The molecule has 7 heteroatoms. The third-order valence-corrected chi connectivity index (χ3v) is 7.10. The van der Waals surface area contributed by atoms with Crippen LogP contribution in [0.2, 0.25) is 0 Å². The molecule has 0 aromatic heterocycles. The Morgan fingerprint density at radius 1 is 1.29 bits per heavy atom. The van der Waals surface area contributed by atoms with E-state index in [1.165, 1.54) is 6.07 Å². The molecule has 1 saturated carbocycles. The second kappa shape index (κ2) is 4.93. The lowest BCUT2D eigenvalue weighted by Gasteiger charge is -2.10. The number of nitrogens with one attached hydrogen (secondary N) is 1. The number of anilines is 1. The van der Waals surface area contributed by atoms with Crippen LogP contribution in [-0.4, -0.2) is 15.0 Å². The highest BCUT2D eigenvalue weighted by atomic mass is 79.9. The zero-order chi connectivity index (χ0) is 16.2. The summed E-state index contributed by atoms with van der Waals surface area (Å²) in [4.78, 5) is -0.425. The summed E-state index contributed by atoms with van der Waals surface area (Å²) in [6.45, 7) is 8.69. The highest BCUT2D eigenvalue weighted by Crippen LogP contribution is 2.67. The van der Waals surface area contributed by atoms with Crippen molar-refractivity contribution < 1.29 is 12.8 Å². The number of nitrogen functional groups attached to an aromatic ring is 1. The van der Waals surface area contributed by atoms with Crippen LogP contribution in [-0.2, 0) is 10.0 Å². The summed E-state index contributed by atoms with van der Waals surface area (Å²) in [6.07, 6.45) is 0. The summed E-state index contributed by atoms with van der Waals surface area (Å²) in [7, 11) is -3.93. The largest absolute Gasteiger partial charge is 0.399 e. The van der Waals surface area contributed by atoms with Gasteiger partial charge >= 0.3 is 0 Å². The first kappa shape index (κ1) is 16.7. The van der Waals surface area contributed by atoms with E-state index < -0.39 is 20.7 Å². The molecule has 118 valence electrons. The van der Waals surface area contributed by atoms with E-state index in [9.17, 15) is 12.8 Å². The summed E-state index contributed by atoms with van der Waals surface area (Å²) in [6, 6.07) is 2.47. The number of hydrogen-bond acceptors (Lipinski definition) is 3. The van der Waals surface area contributed by atoms with E-state index in [-0.39, 0.29) is 33.5 Å². The molecule has 0 saturated heterocycles. The smallest absolute Gasteiger partial charge is 0.243 e. The average Bonchev–Trinajstić information content (AvgIpc) is 2.71. The number of nitrogens with two attached hydrogens (primary N) is 1. The van der Waals surface area contributed by atoms with Crippen molar-refractivity contribution in [1.82, 2.24) is 4.72 Å². The van der Waals surface area contributed by atoms with Gasteiger partial charge < -0.3 is 5.73 Å². The molecule has 1 fully saturated rings. The van der Waals surface area contributed by atoms with Gasteiger partial charge in [-0.05, 0) is 44.8 Å². The summed E-state index contributed by atoms with van der Waals surface area (Å²) in [5.41, 5.74) is 5.90. The molecule has 0 unspecified atom stereocenters. The van der Waals surface area contributed by atoms with Crippen LogP contribution in [0.1, 0.15) is 27.7 Å². The van der Waals surface area contributed by atoms with Crippen LogP contribution in [0.25, 0.3) is 0 Å². The lowest BCUT2D eigenvalue weighted by molar-refractivity contribution is 0.457. The van der Waals surface area contributed by atoms with Crippen LogP contribution >= 0.6 is 15.9 Å². The normalized spacial score (nSPS) is 20.5. The topological polar surface area (TPSA) is 72.2 Å². The molecular formula is C14H20BrFN2O2S. The van der Waals surface area contributed by atoms with Crippen molar-refractivity contribution in [3.05, 3.63) is 22.4 Å². The molecular weight excluding hydrogens is 359 g/mol. The molecule has 0 aliphatic heterocycles. The van der Waals surface area contributed by atoms with Gasteiger partial charge in [-0.25, -0.2) is 17.5 Å². The van der Waals surface area contributed by atoms with Crippen molar-refractivity contribution in [2.75, 3.05) is 12.3 Å². The van der Waals surface area contributed by atoms with Crippen molar-refractivity contribution in [1.29, 1.82) is 0 Å². The van der Waals surface area contributed by atoms with Crippen molar-refractivity contribution in [3.63, 3.8) is 0 Å². The van der Waals surface area contributed by atoms with Crippen LogP contribution < -0.4 is 10.5 Å². The van der Waals surface area contributed by atoms with Gasteiger partial charge in [0.15, 0.2) is 5.82 Å². The molecule has 0 heterocycles. The second-order valence-electron chi connectivity index (χ2n) is 6.66. The summed E-state index contributed by atoms with van der Waals surface area (Å²) in [5, 5.41) is 0. The van der Waals surface area contributed by atoms with E-state index in [0.29, 0.717) is 0 Å². The maximum atomic E-state index is 14.0. The Bertz CT molecular complexity index is 672. The predicted molar refractivity (Wildman–Crippen MR) is 84.8 cm³/mol. The predicted octanol–water partition coefficient (Wildman–Crippen LogP) is 3.13. The Morgan fingerprint density at radius 2 is 1.81 bits per heavy atom. The lowest BCUT2D eigenvalue weighted by Crippen LogP contribution is -2.28. The van der Waals surface area contributed by atoms with E-state index in [1.807, 2.05) is 0 Å². The Morgan fingerprint density at radius 3 is 2.29 bits per heavy atom. The van der Waals surface area contributed by atoms with E-state index in [2.05, 4.69) is 48.3 Å². The standard InChI is InChI=1S/C14H20BrFN2O2S/c1-13(2)11(14(13,3)4)7-18-21(19,20)10-6-8(17)5-9(15)12(10)16/h5-6,11,18H,7,17H2,1-4H3. The number of benzene rings is 1. The molecule has 1 aromatic rings. The lowest BCUT2D eigenvalue weighted by atomic mass is 10.0. The molecule has 3 N–H and O–H groups in total. The molecule has 1 aromatic carbocycles. The van der Waals surface area contributed by atoms with E-state index in [0.717, 1.165) is 6.07 Å². The highest BCUT2D eigenvalue weighted by molar-refractivity contribution is 9.10. The van der Waals surface area contributed by atoms with Gasteiger partial charge in [0.25, 0.3) is 0 Å². The van der Waals surface area contributed by atoms with Gasteiger partial charge in [0, 0.05) is 12.2 Å². The van der Waals surface area contributed by atoms with Crippen LogP contribution in [0.3, 0.4) is 0 Å². The molecule has 0 atom stereocenters. The quantitative estimate of drug-likeness (QED) is 0.790. The number of rotatable bonds is 4. The second-order valence-corrected chi connectivity index (χ2v) is 9.25. The molecule has 4 nitrogen and oxygen atoms in total. The van der Waals surface area contributed by atoms with Gasteiger partial charge in [-0.3, -0.25) is 0 Å². The van der Waals surface area contributed by atoms with Crippen LogP contribution in [0.15, 0.2) is 21.5 Å². The van der Waals surface area contributed by atoms with Crippen molar-refractivity contribution in [3.8, 4) is 0 Å². The molecule has 1 aliphatic rings. The van der Waals surface area contributed by atoms with Gasteiger partial charge in [0.05, 0.1) is 4.47 Å². The zero-order valence-corrected chi connectivity index (χ0v) is 14.9. The maximum Gasteiger partial charge on any atom is 0.243 e. The fraction of sp³-hybridized carbons (Fsp3) is 0.571. The van der Waals surface area contributed by atoms with Gasteiger partial charge in [0.1, 0.15) is 4.90 Å². The molecule has 0 spiro atoms. The average molecular weight is 379 g/mol. The minimum absolute atomic E-state index is 0.0370. The number of halogens is 2. The van der Waals surface area contributed by atoms with Crippen LogP contribution in [0.4, 0.5) is 10.1 Å². The first-order valence-corrected chi connectivity index (χ1v) is 8.93. The monoisotopic (exact) mass is 378 g/mol. The number of sulfonamides is 1. The SMILES string of the molecule is CC1(C)C(CNS(=O)(=O)c2cc(N)cc(Br)c2F)C1(C)C. The van der Waals surface area contributed by atoms with Crippen molar-refractivity contribution >= 4 is 31.6 Å². The van der Waals surface area contributed by atoms with Gasteiger partial charge in [-0.1, -0.05) is 27.7 Å². The highest BCUT2D eigenvalue weighted by Gasteiger charge is 2.64. The molecule has 2 rings (SSSR count). The van der Waals surface area contributed by atoms with E-state index >= 15 is 0 Å².